The van der Waals surface area contributed by atoms with E-state index in [9.17, 15) is 4.79 Å². The van der Waals surface area contributed by atoms with Crippen LogP contribution in [0.2, 0.25) is 10.0 Å². The van der Waals surface area contributed by atoms with Gasteiger partial charge in [0.25, 0.3) is 0 Å². The van der Waals surface area contributed by atoms with Crippen LogP contribution in [0.1, 0.15) is 12.8 Å². The average molecular weight is 339 g/mol. The number of rotatable bonds is 3. The number of carbonyl (C=O) groups excluding carboxylic acids is 1. The van der Waals surface area contributed by atoms with Crippen molar-refractivity contribution in [3.8, 4) is 0 Å². The van der Waals surface area contributed by atoms with Crippen molar-refractivity contribution < 1.29 is 4.79 Å². The molecule has 1 aliphatic heterocycles. The minimum absolute atomic E-state index is 0. The van der Waals surface area contributed by atoms with E-state index in [4.69, 9.17) is 28.9 Å². The maximum absolute atomic E-state index is 11.9. The Morgan fingerprint density at radius 2 is 2.15 bits per heavy atom. The largest absolute Gasteiger partial charge is 0.327 e. The van der Waals surface area contributed by atoms with Crippen LogP contribution in [0.4, 0.5) is 5.69 Å². The van der Waals surface area contributed by atoms with Crippen molar-refractivity contribution in [3.05, 3.63) is 28.2 Å². The Bertz CT molecular complexity index is 470. The van der Waals surface area contributed by atoms with Gasteiger partial charge in [0.05, 0.1) is 16.6 Å². The van der Waals surface area contributed by atoms with E-state index in [0.29, 0.717) is 22.3 Å². The third-order valence-corrected chi connectivity index (χ3v) is 3.85. The highest BCUT2D eigenvalue weighted by Crippen LogP contribution is 2.24. The Hall–Kier alpha value is -0.520. The van der Waals surface area contributed by atoms with Crippen molar-refractivity contribution in [1.29, 1.82) is 0 Å². The molecule has 7 heteroatoms. The number of likely N-dealkylation sites (tertiary alicyclic amines) is 1. The zero-order chi connectivity index (χ0) is 13.8. The third-order valence-electron chi connectivity index (χ3n) is 3.11. The van der Waals surface area contributed by atoms with Crippen LogP contribution in [0, 0.1) is 0 Å². The lowest BCUT2D eigenvalue weighted by Gasteiger charge is -2.29. The molecule has 0 bridgehead atoms. The summed E-state index contributed by atoms with van der Waals surface area (Å²) in [6.45, 7) is 2.05. The fourth-order valence-electron chi connectivity index (χ4n) is 2.21. The van der Waals surface area contributed by atoms with Crippen molar-refractivity contribution in [3.63, 3.8) is 0 Å². The predicted molar refractivity (Wildman–Crippen MR) is 86.0 cm³/mol. The summed E-state index contributed by atoms with van der Waals surface area (Å²) in [5.41, 5.74) is 6.54. The lowest BCUT2D eigenvalue weighted by atomic mass is 10.1. The molecule has 0 spiro atoms. The molecule has 0 aromatic heterocycles. The summed E-state index contributed by atoms with van der Waals surface area (Å²) in [4.78, 5) is 14.0. The highest BCUT2D eigenvalue weighted by Gasteiger charge is 2.18. The molecule has 1 amide bonds. The van der Waals surface area contributed by atoms with E-state index in [2.05, 4.69) is 10.2 Å². The highest BCUT2D eigenvalue weighted by atomic mass is 35.5. The van der Waals surface area contributed by atoms with Crippen LogP contribution in [0.25, 0.3) is 0 Å². The number of amides is 1. The number of anilines is 1. The molecule has 0 saturated carbocycles. The second-order valence-corrected chi connectivity index (χ2v) is 5.63. The summed E-state index contributed by atoms with van der Waals surface area (Å²) in [5.74, 6) is -0.0625. The third kappa shape index (κ3) is 5.11. The number of hydrogen-bond donors (Lipinski definition) is 2. The van der Waals surface area contributed by atoms with Gasteiger partial charge in [0.15, 0.2) is 0 Å². The number of piperidine rings is 1. The zero-order valence-corrected chi connectivity index (χ0v) is 13.3. The van der Waals surface area contributed by atoms with Crippen LogP contribution in [0.15, 0.2) is 18.2 Å². The van der Waals surface area contributed by atoms with Gasteiger partial charge in [-0.1, -0.05) is 23.2 Å². The summed E-state index contributed by atoms with van der Waals surface area (Å²) in [6.07, 6.45) is 2.08. The summed E-state index contributed by atoms with van der Waals surface area (Å²) in [7, 11) is 0. The van der Waals surface area contributed by atoms with E-state index in [-0.39, 0.29) is 24.4 Å². The summed E-state index contributed by atoms with van der Waals surface area (Å²) in [6, 6.07) is 5.21. The maximum Gasteiger partial charge on any atom is 0.238 e. The van der Waals surface area contributed by atoms with Crippen LogP contribution in [-0.2, 0) is 4.79 Å². The second kappa shape index (κ2) is 8.05. The SMILES string of the molecule is Cl.N[C@@H]1CCCN(CC(=O)Nc2ccc(Cl)c(Cl)c2)C1. The van der Waals surface area contributed by atoms with Crippen LogP contribution in [0.5, 0.6) is 0 Å². The van der Waals surface area contributed by atoms with Crippen molar-refractivity contribution >= 4 is 47.2 Å². The molecule has 1 saturated heterocycles. The highest BCUT2D eigenvalue weighted by molar-refractivity contribution is 6.42. The normalized spacial score (nSPS) is 19.2. The molecule has 1 fully saturated rings. The summed E-state index contributed by atoms with van der Waals surface area (Å²) in [5, 5.41) is 3.71. The van der Waals surface area contributed by atoms with Gasteiger partial charge < -0.3 is 11.1 Å². The van der Waals surface area contributed by atoms with Gasteiger partial charge in [-0.3, -0.25) is 9.69 Å². The smallest absolute Gasteiger partial charge is 0.238 e. The second-order valence-electron chi connectivity index (χ2n) is 4.81. The van der Waals surface area contributed by atoms with Gasteiger partial charge >= 0.3 is 0 Å². The number of benzene rings is 1. The molecule has 0 aliphatic carbocycles. The van der Waals surface area contributed by atoms with Gasteiger partial charge in [-0.25, -0.2) is 0 Å². The first-order chi connectivity index (χ1) is 9.04. The molecule has 1 aliphatic rings. The van der Waals surface area contributed by atoms with Gasteiger partial charge in [-0.15, -0.1) is 12.4 Å². The molecule has 0 unspecified atom stereocenters. The Morgan fingerprint density at radius 1 is 1.40 bits per heavy atom. The van der Waals surface area contributed by atoms with Crippen molar-refractivity contribution in [2.75, 3.05) is 25.0 Å². The number of carbonyl (C=O) groups is 1. The Kier molecular flexibility index (Phi) is 7.06. The molecule has 3 N–H and O–H groups in total. The first-order valence-electron chi connectivity index (χ1n) is 6.27. The Morgan fingerprint density at radius 3 is 2.80 bits per heavy atom. The van der Waals surface area contributed by atoms with E-state index in [0.717, 1.165) is 25.9 Å². The Balaban J connectivity index is 0.00000200. The number of halogens is 3. The Labute approximate surface area is 135 Å². The van der Waals surface area contributed by atoms with Crippen molar-refractivity contribution in [1.82, 2.24) is 4.90 Å². The van der Waals surface area contributed by atoms with E-state index < -0.39 is 0 Å². The number of nitrogens with one attached hydrogen (secondary N) is 1. The van der Waals surface area contributed by atoms with Crippen molar-refractivity contribution in [2.45, 2.75) is 18.9 Å². The van der Waals surface area contributed by atoms with Gasteiger partial charge in [-0.2, -0.15) is 0 Å². The van der Waals surface area contributed by atoms with Gasteiger partial charge in [0.2, 0.25) is 5.91 Å². The lowest BCUT2D eigenvalue weighted by Crippen LogP contribution is -2.45. The lowest BCUT2D eigenvalue weighted by molar-refractivity contribution is -0.117. The minimum Gasteiger partial charge on any atom is -0.327 e. The number of nitrogens with two attached hydrogens (primary N) is 1. The zero-order valence-electron chi connectivity index (χ0n) is 10.9. The molecule has 20 heavy (non-hydrogen) atoms. The quantitative estimate of drug-likeness (QED) is 0.891. The summed E-state index contributed by atoms with van der Waals surface area (Å²) >= 11 is 11.7. The van der Waals surface area contributed by atoms with E-state index in [1.54, 1.807) is 18.2 Å². The topological polar surface area (TPSA) is 58.4 Å². The number of nitrogens with zero attached hydrogens (tertiary/aromatic N) is 1. The van der Waals surface area contributed by atoms with E-state index in [1.165, 1.54) is 0 Å². The first kappa shape index (κ1) is 17.5. The standard InChI is InChI=1S/C13H17Cl2N3O.ClH/c14-11-4-3-10(6-12(11)15)17-13(19)8-18-5-1-2-9(16)7-18;/h3-4,6,9H,1-2,5,7-8,16H2,(H,17,19);1H/t9-;/m1./s1. The molecular weight excluding hydrogens is 321 g/mol. The molecule has 2 rings (SSSR count). The van der Waals surface area contributed by atoms with Crippen LogP contribution < -0.4 is 11.1 Å². The molecule has 4 nitrogen and oxygen atoms in total. The average Bonchev–Trinajstić information content (AvgIpc) is 2.34. The summed E-state index contributed by atoms with van der Waals surface area (Å²) < 4.78 is 0. The van der Waals surface area contributed by atoms with Gasteiger partial charge in [0.1, 0.15) is 0 Å². The van der Waals surface area contributed by atoms with Crippen LogP contribution in [0.3, 0.4) is 0 Å². The van der Waals surface area contributed by atoms with E-state index >= 15 is 0 Å². The molecule has 1 aromatic rings. The predicted octanol–water partition coefficient (Wildman–Crippen LogP) is 2.78. The van der Waals surface area contributed by atoms with Crippen molar-refractivity contribution in [2.24, 2.45) is 5.73 Å². The monoisotopic (exact) mass is 337 g/mol. The fourth-order valence-corrected chi connectivity index (χ4v) is 2.51. The molecule has 1 heterocycles. The fraction of sp³-hybridized carbons (Fsp3) is 0.462. The van der Waals surface area contributed by atoms with Gasteiger partial charge in [-0.05, 0) is 37.6 Å². The van der Waals surface area contributed by atoms with Crippen LogP contribution in [-0.4, -0.2) is 36.5 Å². The molecule has 0 radical (unpaired) electrons. The maximum atomic E-state index is 11.9. The van der Waals surface area contributed by atoms with Crippen LogP contribution >= 0.6 is 35.6 Å². The molecule has 112 valence electrons. The number of hydrogen-bond acceptors (Lipinski definition) is 3. The molecule has 1 atom stereocenters. The minimum atomic E-state index is -0.0625. The van der Waals surface area contributed by atoms with E-state index in [1.807, 2.05) is 0 Å². The van der Waals surface area contributed by atoms with Gasteiger partial charge in [0, 0.05) is 18.3 Å². The molecule has 1 aromatic carbocycles. The first-order valence-corrected chi connectivity index (χ1v) is 7.03. The molecular formula is C13H18Cl3N3O.